The summed E-state index contributed by atoms with van der Waals surface area (Å²) in [6, 6.07) is 18.3. The summed E-state index contributed by atoms with van der Waals surface area (Å²) in [5, 5.41) is 3.73. The van der Waals surface area contributed by atoms with Gasteiger partial charge in [-0.05, 0) is 40.0 Å². The quantitative estimate of drug-likeness (QED) is 0.691. The van der Waals surface area contributed by atoms with Crippen molar-refractivity contribution < 1.29 is 0 Å². The predicted octanol–water partition coefficient (Wildman–Crippen LogP) is 4.47. The Kier molecular flexibility index (Phi) is 6.21. The van der Waals surface area contributed by atoms with Crippen LogP contribution in [0, 0.1) is 0 Å². The molecule has 0 N–H and O–H groups in total. The zero-order valence-electron chi connectivity index (χ0n) is 12.6. The standard InChI is InChI=1S/C18H24P2/c1-4-15-6-10-17(11-7-15)19-14(3)20-18-12-8-16(5-2)9-13-18/h6-14,19-20H,4-5H2,1-3H3. The Morgan fingerprint density at radius 3 is 1.35 bits per heavy atom. The van der Waals surface area contributed by atoms with Crippen molar-refractivity contribution >= 4 is 27.8 Å². The van der Waals surface area contributed by atoms with Gasteiger partial charge in [-0.15, -0.1) is 0 Å². The Bertz CT molecular complexity index is 465. The summed E-state index contributed by atoms with van der Waals surface area (Å²) in [5.41, 5.74) is 2.87. The molecule has 0 radical (unpaired) electrons. The molecule has 0 aliphatic heterocycles. The van der Waals surface area contributed by atoms with Gasteiger partial charge < -0.3 is 0 Å². The van der Waals surface area contributed by atoms with Crippen LogP contribution in [0.15, 0.2) is 48.5 Å². The maximum atomic E-state index is 2.37. The van der Waals surface area contributed by atoms with E-state index >= 15 is 0 Å². The maximum Gasteiger partial charge on any atom is -0.000848 e. The molecule has 0 fully saturated rings. The zero-order chi connectivity index (χ0) is 14.4. The Balaban J connectivity index is 1.91. The van der Waals surface area contributed by atoms with E-state index < -0.39 is 0 Å². The summed E-state index contributed by atoms with van der Waals surface area (Å²) in [4.78, 5) is 0. The minimum atomic E-state index is 0.745. The van der Waals surface area contributed by atoms with Crippen molar-refractivity contribution in [1.29, 1.82) is 0 Å². The van der Waals surface area contributed by atoms with Crippen molar-refractivity contribution in [2.24, 2.45) is 0 Å². The van der Waals surface area contributed by atoms with Gasteiger partial charge in [0, 0.05) is 0 Å². The second-order valence-electron chi connectivity index (χ2n) is 5.11. The lowest BCUT2D eigenvalue weighted by atomic mass is 10.2. The van der Waals surface area contributed by atoms with E-state index in [1.165, 1.54) is 21.7 Å². The van der Waals surface area contributed by atoms with Gasteiger partial charge in [0.2, 0.25) is 0 Å². The third-order valence-electron chi connectivity index (χ3n) is 3.49. The van der Waals surface area contributed by atoms with Crippen LogP contribution < -0.4 is 10.6 Å². The van der Waals surface area contributed by atoms with E-state index in [2.05, 4.69) is 69.3 Å². The molecule has 0 aliphatic carbocycles. The van der Waals surface area contributed by atoms with Crippen molar-refractivity contribution in [3.8, 4) is 0 Å². The first-order chi connectivity index (χ1) is 9.71. The van der Waals surface area contributed by atoms with Crippen molar-refractivity contribution in [2.75, 3.05) is 0 Å². The van der Waals surface area contributed by atoms with Gasteiger partial charge in [-0.3, -0.25) is 0 Å². The molecule has 0 heterocycles. The Hall–Kier alpha value is -0.700. The van der Waals surface area contributed by atoms with Crippen molar-refractivity contribution in [3.63, 3.8) is 0 Å². The van der Waals surface area contributed by atoms with Crippen molar-refractivity contribution in [3.05, 3.63) is 59.7 Å². The second-order valence-corrected chi connectivity index (χ2v) is 9.15. The minimum absolute atomic E-state index is 0.745. The highest BCUT2D eigenvalue weighted by atomic mass is 31.1. The molecule has 2 heteroatoms. The number of aryl methyl sites for hydroxylation is 2. The average molecular weight is 302 g/mol. The number of benzene rings is 2. The molecule has 0 spiro atoms. The summed E-state index contributed by atoms with van der Waals surface area (Å²) < 4.78 is 0. The summed E-state index contributed by atoms with van der Waals surface area (Å²) in [7, 11) is 1.82. The van der Waals surface area contributed by atoms with Gasteiger partial charge in [0.25, 0.3) is 0 Å². The molecule has 20 heavy (non-hydrogen) atoms. The van der Waals surface area contributed by atoms with Crippen LogP contribution in [0.5, 0.6) is 0 Å². The first kappa shape index (κ1) is 15.7. The monoisotopic (exact) mass is 302 g/mol. The van der Waals surface area contributed by atoms with Gasteiger partial charge in [-0.2, -0.15) is 0 Å². The lowest BCUT2D eigenvalue weighted by Crippen LogP contribution is -2.03. The smallest absolute Gasteiger partial charge is 0.000848 e. The van der Waals surface area contributed by atoms with E-state index in [9.17, 15) is 0 Å². The Morgan fingerprint density at radius 2 is 1.05 bits per heavy atom. The van der Waals surface area contributed by atoms with E-state index in [4.69, 9.17) is 0 Å². The van der Waals surface area contributed by atoms with Crippen LogP contribution >= 0.6 is 17.2 Å². The topological polar surface area (TPSA) is 0 Å². The van der Waals surface area contributed by atoms with Crippen LogP contribution in [-0.2, 0) is 12.8 Å². The molecule has 0 aromatic heterocycles. The fourth-order valence-corrected chi connectivity index (χ4v) is 5.22. The molecule has 0 amide bonds. The van der Waals surface area contributed by atoms with Gasteiger partial charge in [0.05, 0.1) is 0 Å². The van der Waals surface area contributed by atoms with E-state index in [0.717, 1.165) is 35.4 Å². The van der Waals surface area contributed by atoms with Crippen LogP contribution in [0.25, 0.3) is 0 Å². The fourth-order valence-electron chi connectivity index (χ4n) is 2.21. The molecule has 2 unspecified atom stereocenters. The molecule has 2 aromatic rings. The zero-order valence-corrected chi connectivity index (χ0v) is 14.6. The number of hydrogen-bond donors (Lipinski definition) is 0. The third-order valence-corrected chi connectivity index (χ3v) is 6.56. The average Bonchev–Trinajstić information content (AvgIpc) is 2.49. The molecule has 0 saturated carbocycles. The molecule has 0 nitrogen and oxygen atoms in total. The van der Waals surface area contributed by atoms with Crippen LogP contribution in [0.1, 0.15) is 31.9 Å². The highest BCUT2D eigenvalue weighted by Gasteiger charge is 2.05. The third kappa shape index (κ3) is 4.69. The van der Waals surface area contributed by atoms with Crippen LogP contribution in [0.4, 0.5) is 0 Å². The van der Waals surface area contributed by atoms with Gasteiger partial charge in [-0.25, -0.2) is 0 Å². The van der Waals surface area contributed by atoms with Crippen molar-refractivity contribution in [1.82, 2.24) is 0 Å². The Morgan fingerprint density at radius 1 is 0.700 bits per heavy atom. The fraction of sp³-hybridized carbons (Fsp3) is 0.333. The van der Waals surface area contributed by atoms with Gasteiger partial charge >= 0.3 is 0 Å². The minimum Gasteiger partial charge on any atom is -0.0830 e. The first-order valence-electron chi connectivity index (χ1n) is 7.42. The summed E-state index contributed by atoms with van der Waals surface area (Å²) in [6.45, 7) is 6.79. The Labute approximate surface area is 127 Å². The highest BCUT2D eigenvalue weighted by molar-refractivity contribution is 7.65. The molecule has 0 bridgehead atoms. The molecule has 0 saturated heterocycles. The predicted molar refractivity (Wildman–Crippen MR) is 97.0 cm³/mol. The van der Waals surface area contributed by atoms with Crippen molar-refractivity contribution in [2.45, 2.75) is 39.0 Å². The van der Waals surface area contributed by atoms with Crippen LogP contribution in [-0.4, -0.2) is 5.40 Å². The SMILES string of the molecule is CCc1ccc(PC(C)Pc2ccc(CC)cc2)cc1. The molecule has 2 aromatic carbocycles. The lowest BCUT2D eigenvalue weighted by Gasteiger charge is -2.13. The summed E-state index contributed by atoms with van der Waals surface area (Å²) in [6.07, 6.45) is 2.26. The van der Waals surface area contributed by atoms with E-state index in [-0.39, 0.29) is 0 Å². The van der Waals surface area contributed by atoms with E-state index in [1.54, 1.807) is 0 Å². The molecule has 2 atom stereocenters. The van der Waals surface area contributed by atoms with Crippen LogP contribution in [0.3, 0.4) is 0 Å². The molecular weight excluding hydrogens is 278 g/mol. The number of hydrogen-bond acceptors (Lipinski definition) is 0. The maximum absolute atomic E-state index is 2.37. The van der Waals surface area contributed by atoms with E-state index in [0.29, 0.717) is 0 Å². The second kappa shape index (κ2) is 7.92. The first-order valence-corrected chi connectivity index (χ1v) is 9.57. The normalized spacial score (nSPS) is 13.6. The van der Waals surface area contributed by atoms with E-state index in [1.807, 2.05) is 0 Å². The van der Waals surface area contributed by atoms with Gasteiger partial charge in [0.15, 0.2) is 0 Å². The number of rotatable bonds is 6. The largest absolute Gasteiger partial charge is 0.0830 e. The summed E-state index contributed by atoms with van der Waals surface area (Å²) >= 11 is 0. The molecular formula is C18H24P2. The molecule has 0 aliphatic rings. The molecule has 2 rings (SSSR count). The lowest BCUT2D eigenvalue weighted by molar-refractivity contribution is 1.14. The van der Waals surface area contributed by atoms with Gasteiger partial charge in [-0.1, -0.05) is 86.5 Å². The van der Waals surface area contributed by atoms with Gasteiger partial charge in [0.1, 0.15) is 0 Å². The summed E-state index contributed by atoms with van der Waals surface area (Å²) in [5.74, 6) is 0. The highest BCUT2D eigenvalue weighted by Crippen LogP contribution is 2.32. The molecule has 106 valence electrons. The van der Waals surface area contributed by atoms with Crippen LogP contribution in [0.2, 0.25) is 0 Å².